The molecule has 1 heterocycles. The molecule has 2 aromatic carbocycles. The summed E-state index contributed by atoms with van der Waals surface area (Å²) in [6.45, 7) is 1.68. The van der Waals surface area contributed by atoms with Crippen LogP contribution in [0.5, 0.6) is 17.2 Å². The van der Waals surface area contributed by atoms with Crippen molar-refractivity contribution < 1.29 is 23.8 Å². The van der Waals surface area contributed by atoms with Gasteiger partial charge in [0.05, 0.1) is 38.6 Å². The molecule has 1 aliphatic rings. The second-order valence-electron chi connectivity index (χ2n) is 6.45. The minimum atomic E-state index is -0.720. The van der Waals surface area contributed by atoms with Crippen LogP contribution in [0.25, 0.3) is 0 Å². The number of hydrogen-bond donors (Lipinski definition) is 3. The summed E-state index contributed by atoms with van der Waals surface area (Å²) in [4.78, 5) is 25.4. The molecule has 0 radical (unpaired) electrons. The van der Waals surface area contributed by atoms with Crippen LogP contribution in [0.1, 0.15) is 18.5 Å². The van der Waals surface area contributed by atoms with Crippen LogP contribution in [0.3, 0.4) is 0 Å². The lowest BCUT2D eigenvalue weighted by Gasteiger charge is -2.30. The number of ether oxygens (including phenoxy) is 3. The molecule has 0 saturated heterocycles. The van der Waals surface area contributed by atoms with Crippen molar-refractivity contribution in [2.75, 3.05) is 26.6 Å². The van der Waals surface area contributed by atoms with E-state index in [9.17, 15) is 9.59 Å². The summed E-state index contributed by atoms with van der Waals surface area (Å²) in [5.74, 6) is 1.15. The molecule has 1 aliphatic heterocycles. The zero-order valence-electron chi connectivity index (χ0n) is 17.0. The molecular formula is C21H22BrN3O5. The number of anilines is 1. The van der Waals surface area contributed by atoms with E-state index in [1.807, 2.05) is 6.07 Å². The van der Waals surface area contributed by atoms with Gasteiger partial charge in [0.15, 0.2) is 11.5 Å². The second kappa shape index (κ2) is 9.08. The third-order valence-electron chi connectivity index (χ3n) is 4.68. The Balaban J connectivity index is 2.04. The number of benzene rings is 2. The lowest BCUT2D eigenvalue weighted by atomic mass is 9.94. The van der Waals surface area contributed by atoms with Crippen molar-refractivity contribution in [2.24, 2.45) is 0 Å². The van der Waals surface area contributed by atoms with Crippen LogP contribution in [0, 0.1) is 0 Å². The fraction of sp³-hybridized carbons (Fsp3) is 0.238. The minimum Gasteiger partial charge on any atom is -0.495 e. The van der Waals surface area contributed by atoms with Gasteiger partial charge >= 0.3 is 6.03 Å². The largest absolute Gasteiger partial charge is 0.495 e. The Bertz CT molecular complexity index is 1020. The zero-order chi connectivity index (χ0) is 21.8. The van der Waals surface area contributed by atoms with Crippen LogP contribution in [-0.2, 0) is 4.79 Å². The molecule has 0 aromatic heterocycles. The number of allylic oxidation sites excluding steroid dienone is 1. The van der Waals surface area contributed by atoms with Crippen molar-refractivity contribution in [2.45, 2.75) is 13.0 Å². The molecule has 3 rings (SSSR count). The summed E-state index contributed by atoms with van der Waals surface area (Å²) in [7, 11) is 4.58. The van der Waals surface area contributed by atoms with Crippen molar-refractivity contribution in [1.29, 1.82) is 0 Å². The highest BCUT2D eigenvalue weighted by molar-refractivity contribution is 9.10. The van der Waals surface area contributed by atoms with E-state index in [-0.39, 0.29) is 5.91 Å². The smallest absolute Gasteiger partial charge is 0.319 e. The first-order chi connectivity index (χ1) is 14.4. The molecule has 0 unspecified atom stereocenters. The van der Waals surface area contributed by atoms with Gasteiger partial charge in [0.2, 0.25) is 0 Å². The molecule has 1 atom stereocenters. The first-order valence-corrected chi connectivity index (χ1v) is 9.83. The highest BCUT2D eigenvalue weighted by atomic mass is 79.9. The summed E-state index contributed by atoms with van der Waals surface area (Å²) >= 11 is 3.51. The number of amides is 3. The SMILES string of the molecule is COc1ccccc1NC(=O)C1=C(C)NC(=O)N[C@@H]1c1cc(OC)c(OC)cc1Br. The highest BCUT2D eigenvalue weighted by Crippen LogP contribution is 2.39. The number of hydrogen-bond acceptors (Lipinski definition) is 5. The summed E-state index contributed by atoms with van der Waals surface area (Å²) in [6, 6.07) is 9.42. The molecule has 2 aromatic rings. The van der Waals surface area contributed by atoms with Gasteiger partial charge in [0, 0.05) is 10.2 Å². The number of methoxy groups -OCH3 is 3. The van der Waals surface area contributed by atoms with Crippen LogP contribution in [-0.4, -0.2) is 33.3 Å². The maximum Gasteiger partial charge on any atom is 0.319 e. The minimum absolute atomic E-state index is 0.355. The number of urea groups is 1. The molecule has 3 N–H and O–H groups in total. The summed E-state index contributed by atoms with van der Waals surface area (Å²) in [5, 5.41) is 8.34. The van der Waals surface area contributed by atoms with Crippen molar-refractivity contribution in [3.05, 3.63) is 57.7 Å². The molecule has 0 fully saturated rings. The van der Waals surface area contributed by atoms with Crippen molar-refractivity contribution >= 4 is 33.6 Å². The second-order valence-corrected chi connectivity index (χ2v) is 7.31. The van der Waals surface area contributed by atoms with Crippen LogP contribution in [0.2, 0.25) is 0 Å². The van der Waals surface area contributed by atoms with Gasteiger partial charge in [0.25, 0.3) is 5.91 Å². The first-order valence-electron chi connectivity index (χ1n) is 9.03. The zero-order valence-corrected chi connectivity index (χ0v) is 18.5. The third-order valence-corrected chi connectivity index (χ3v) is 5.37. The number of carbonyl (C=O) groups is 2. The van der Waals surface area contributed by atoms with Crippen LogP contribution in [0.4, 0.5) is 10.5 Å². The van der Waals surface area contributed by atoms with E-state index in [2.05, 4.69) is 31.9 Å². The third kappa shape index (κ3) is 4.20. The number of nitrogens with one attached hydrogen (secondary N) is 3. The predicted molar refractivity (Wildman–Crippen MR) is 116 cm³/mol. The van der Waals surface area contributed by atoms with Crippen molar-refractivity contribution in [3.63, 3.8) is 0 Å². The Labute approximate surface area is 182 Å². The molecule has 8 nitrogen and oxygen atoms in total. The topological polar surface area (TPSA) is 97.9 Å². The number of carbonyl (C=O) groups excluding carboxylic acids is 2. The standard InChI is InChI=1S/C21H22BrN3O5/c1-11-18(20(26)24-14-7-5-6-8-15(14)28-2)19(25-21(27)23-11)12-9-16(29-3)17(30-4)10-13(12)22/h5-10,19H,1-4H3,(H,24,26)(H2,23,25,27)/t19-/m1/s1. The van der Waals surface area contributed by atoms with Gasteiger partial charge in [-0.1, -0.05) is 28.1 Å². The van der Waals surface area contributed by atoms with E-state index in [0.717, 1.165) is 0 Å². The molecule has 30 heavy (non-hydrogen) atoms. The van der Waals surface area contributed by atoms with E-state index in [0.29, 0.717) is 44.2 Å². The maximum absolute atomic E-state index is 13.2. The number of halogens is 1. The number of para-hydroxylation sites is 2. The average Bonchev–Trinajstić information content (AvgIpc) is 2.73. The van der Waals surface area contributed by atoms with Gasteiger partial charge in [-0.05, 0) is 36.8 Å². The Hall–Kier alpha value is -3.20. The predicted octanol–water partition coefficient (Wildman–Crippen LogP) is 3.74. The van der Waals surface area contributed by atoms with Crippen LogP contribution in [0.15, 0.2) is 52.1 Å². The lowest BCUT2D eigenvalue weighted by molar-refractivity contribution is -0.113. The summed E-state index contributed by atoms with van der Waals surface area (Å²) in [6.07, 6.45) is 0. The van der Waals surface area contributed by atoms with E-state index in [1.54, 1.807) is 37.3 Å². The molecule has 3 amide bonds. The Kier molecular flexibility index (Phi) is 6.51. The summed E-state index contributed by atoms with van der Waals surface area (Å²) < 4.78 is 16.7. The highest BCUT2D eigenvalue weighted by Gasteiger charge is 2.33. The molecular weight excluding hydrogens is 454 g/mol. The van der Waals surface area contributed by atoms with E-state index in [4.69, 9.17) is 14.2 Å². The molecule has 9 heteroatoms. The Morgan fingerprint density at radius 1 is 1.03 bits per heavy atom. The Morgan fingerprint density at radius 2 is 1.67 bits per heavy atom. The quantitative estimate of drug-likeness (QED) is 0.590. The van der Waals surface area contributed by atoms with Gasteiger partial charge in [-0.2, -0.15) is 0 Å². The Morgan fingerprint density at radius 3 is 2.33 bits per heavy atom. The van der Waals surface area contributed by atoms with Gasteiger partial charge < -0.3 is 30.2 Å². The number of rotatable bonds is 6. The van der Waals surface area contributed by atoms with Crippen molar-refractivity contribution in [3.8, 4) is 17.2 Å². The monoisotopic (exact) mass is 475 g/mol. The molecule has 158 valence electrons. The van der Waals surface area contributed by atoms with Gasteiger partial charge in [-0.15, -0.1) is 0 Å². The normalized spacial score (nSPS) is 15.8. The molecule has 0 spiro atoms. The van der Waals surface area contributed by atoms with E-state index >= 15 is 0 Å². The van der Waals surface area contributed by atoms with E-state index in [1.165, 1.54) is 21.3 Å². The molecule has 0 saturated carbocycles. The van der Waals surface area contributed by atoms with Gasteiger partial charge in [0.1, 0.15) is 5.75 Å². The average molecular weight is 476 g/mol. The summed E-state index contributed by atoms with van der Waals surface area (Å²) in [5.41, 5.74) is 1.96. The fourth-order valence-electron chi connectivity index (χ4n) is 3.26. The van der Waals surface area contributed by atoms with Gasteiger partial charge in [-0.25, -0.2) is 4.79 Å². The van der Waals surface area contributed by atoms with Crippen LogP contribution < -0.4 is 30.2 Å². The first kappa shape index (κ1) is 21.5. The lowest BCUT2D eigenvalue weighted by Crippen LogP contribution is -2.46. The van der Waals surface area contributed by atoms with Gasteiger partial charge in [-0.3, -0.25) is 4.79 Å². The van der Waals surface area contributed by atoms with Crippen molar-refractivity contribution in [1.82, 2.24) is 10.6 Å². The molecule has 0 aliphatic carbocycles. The fourth-order valence-corrected chi connectivity index (χ4v) is 3.81. The van der Waals surface area contributed by atoms with Crippen LogP contribution >= 0.6 is 15.9 Å². The van der Waals surface area contributed by atoms with E-state index < -0.39 is 12.1 Å². The molecule has 0 bridgehead atoms. The maximum atomic E-state index is 13.2.